The summed E-state index contributed by atoms with van der Waals surface area (Å²) in [5, 5.41) is 9.20. The molecule has 0 rings (SSSR count). The van der Waals surface area contributed by atoms with E-state index < -0.39 is 5.60 Å². The van der Waals surface area contributed by atoms with Crippen molar-refractivity contribution in [2.24, 2.45) is 4.99 Å². The van der Waals surface area contributed by atoms with Crippen molar-refractivity contribution in [3.05, 3.63) is 0 Å². The molecule has 0 aromatic carbocycles. The van der Waals surface area contributed by atoms with Gasteiger partial charge in [-0.15, -0.1) is 0 Å². The fourth-order valence-corrected chi connectivity index (χ4v) is 1.33. The zero-order chi connectivity index (χ0) is 15.6. The normalized spacial score (nSPS) is 13.6. The molecule has 0 fully saturated rings. The summed E-state index contributed by atoms with van der Waals surface area (Å²) in [7, 11) is 1.75. The Kier molecular flexibility index (Phi) is 8.76. The number of alkyl carbamates (subject to hydrolysis) is 1. The number of carbonyl (C=O) groups is 1. The molecule has 0 saturated carbocycles. The highest BCUT2D eigenvalue weighted by molar-refractivity contribution is 5.79. The number of aliphatic imine (C=N–C) groups is 1. The summed E-state index contributed by atoms with van der Waals surface area (Å²) in [6.45, 7) is 11.1. The van der Waals surface area contributed by atoms with Crippen molar-refractivity contribution in [1.82, 2.24) is 16.0 Å². The molecular formula is C14H30N4O2. The zero-order valence-corrected chi connectivity index (χ0v) is 13.7. The van der Waals surface area contributed by atoms with Crippen LogP contribution in [-0.2, 0) is 4.74 Å². The molecular weight excluding hydrogens is 256 g/mol. The van der Waals surface area contributed by atoms with Crippen LogP contribution in [0.25, 0.3) is 0 Å². The minimum Gasteiger partial charge on any atom is -0.444 e. The van der Waals surface area contributed by atoms with Gasteiger partial charge in [0.15, 0.2) is 5.96 Å². The monoisotopic (exact) mass is 286 g/mol. The first-order chi connectivity index (χ1) is 9.28. The standard InChI is InChI=1S/C14H30N4O2/c1-7-11(2)18-12(15-6)16-9-8-10-17-13(19)20-14(3,4)5/h11H,7-10H2,1-6H3,(H,17,19)(H2,15,16,18). The molecule has 6 nitrogen and oxygen atoms in total. The molecule has 0 aromatic heterocycles. The number of nitrogens with one attached hydrogen (secondary N) is 3. The SMILES string of the molecule is CCC(C)NC(=NC)NCCCNC(=O)OC(C)(C)C. The van der Waals surface area contributed by atoms with E-state index in [1.807, 2.05) is 20.8 Å². The lowest BCUT2D eigenvalue weighted by atomic mass is 10.2. The molecule has 1 amide bonds. The van der Waals surface area contributed by atoms with Crippen LogP contribution in [0.15, 0.2) is 4.99 Å². The fourth-order valence-electron chi connectivity index (χ4n) is 1.33. The summed E-state index contributed by atoms with van der Waals surface area (Å²) < 4.78 is 5.15. The van der Waals surface area contributed by atoms with E-state index in [4.69, 9.17) is 4.74 Å². The second-order valence-electron chi connectivity index (χ2n) is 5.73. The topological polar surface area (TPSA) is 74.8 Å². The van der Waals surface area contributed by atoms with Gasteiger partial charge in [0.25, 0.3) is 0 Å². The smallest absolute Gasteiger partial charge is 0.407 e. The summed E-state index contributed by atoms with van der Waals surface area (Å²) in [6, 6.07) is 0.390. The van der Waals surface area contributed by atoms with E-state index in [0.717, 1.165) is 25.3 Å². The van der Waals surface area contributed by atoms with Crippen LogP contribution in [0.5, 0.6) is 0 Å². The minimum atomic E-state index is -0.454. The number of guanidine groups is 1. The second kappa shape index (κ2) is 9.44. The van der Waals surface area contributed by atoms with Crippen LogP contribution in [0.2, 0.25) is 0 Å². The Labute approximate surface area is 122 Å². The van der Waals surface area contributed by atoms with Gasteiger partial charge in [-0.2, -0.15) is 0 Å². The Morgan fingerprint density at radius 1 is 1.25 bits per heavy atom. The molecule has 0 aliphatic rings. The first kappa shape index (κ1) is 18.5. The average Bonchev–Trinajstić information content (AvgIpc) is 2.34. The van der Waals surface area contributed by atoms with Crippen molar-refractivity contribution in [3.63, 3.8) is 0 Å². The Hall–Kier alpha value is -1.46. The minimum absolute atomic E-state index is 0.375. The second-order valence-corrected chi connectivity index (χ2v) is 5.73. The third kappa shape index (κ3) is 10.5. The van der Waals surface area contributed by atoms with E-state index in [1.54, 1.807) is 7.05 Å². The zero-order valence-electron chi connectivity index (χ0n) is 13.7. The maximum absolute atomic E-state index is 11.4. The molecule has 1 unspecified atom stereocenters. The maximum atomic E-state index is 11.4. The Bertz CT molecular complexity index is 311. The van der Waals surface area contributed by atoms with Gasteiger partial charge >= 0.3 is 6.09 Å². The van der Waals surface area contributed by atoms with Crippen LogP contribution >= 0.6 is 0 Å². The molecule has 1 atom stereocenters. The Morgan fingerprint density at radius 3 is 2.35 bits per heavy atom. The first-order valence-corrected chi connectivity index (χ1v) is 7.22. The van der Waals surface area contributed by atoms with Crippen molar-refractivity contribution >= 4 is 12.1 Å². The predicted octanol–water partition coefficient (Wildman–Crippen LogP) is 1.86. The summed E-state index contributed by atoms with van der Waals surface area (Å²) in [5.41, 5.74) is -0.454. The quantitative estimate of drug-likeness (QED) is 0.396. The first-order valence-electron chi connectivity index (χ1n) is 7.22. The maximum Gasteiger partial charge on any atom is 0.407 e. The van der Waals surface area contributed by atoms with E-state index in [0.29, 0.717) is 12.6 Å². The molecule has 0 heterocycles. The molecule has 0 aliphatic carbocycles. The lowest BCUT2D eigenvalue weighted by molar-refractivity contribution is 0.0527. The van der Waals surface area contributed by atoms with Gasteiger partial charge in [0.2, 0.25) is 0 Å². The predicted molar refractivity (Wildman–Crippen MR) is 83.1 cm³/mol. The molecule has 20 heavy (non-hydrogen) atoms. The summed E-state index contributed by atoms with van der Waals surface area (Å²) in [4.78, 5) is 15.5. The van der Waals surface area contributed by atoms with Crippen LogP contribution in [0.3, 0.4) is 0 Å². The van der Waals surface area contributed by atoms with Crippen LogP contribution < -0.4 is 16.0 Å². The van der Waals surface area contributed by atoms with Gasteiger partial charge in [0.05, 0.1) is 0 Å². The van der Waals surface area contributed by atoms with Crippen molar-refractivity contribution < 1.29 is 9.53 Å². The highest BCUT2D eigenvalue weighted by Crippen LogP contribution is 2.06. The van der Waals surface area contributed by atoms with Crippen LogP contribution in [-0.4, -0.2) is 43.8 Å². The molecule has 0 bridgehead atoms. The molecule has 0 radical (unpaired) electrons. The van der Waals surface area contributed by atoms with E-state index in [-0.39, 0.29) is 6.09 Å². The van der Waals surface area contributed by atoms with Gasteiger partial charge < -0.3 is 20.7 Å². The summed E-state index contributed by atoms with van der Waals surface area (Å²) >= 11 is 0. The third-order valence-corrected chi connectivity index (χ3v) is 2.53. The summed E-state index contributed by atoms with van der Waals surface area (Å²) in [5.74, 6) is 0.789. The molecule has 3 N–H and O–H groups in total. The van der Waals surface area contributed by atoms with Gasteiger partial charge in [-0.1, -0.05) is 6.92 Å². The van der Waals surface area contributed by atoms with Crippen molar-refractivity contribution in [1.29, 1.82) is 0 Å². The van der Waals surface area contributed by atoms with Crippen LogP contribution in [0, 0.1) is 0 Å². The highest BCUT2D eigenvalue weighted by Gasteiger charge is 2.15. The van der Waals surface area contributed by atoms with Gasteiger partial charge in [0.1, 0.15) is 5.60 Å². The molecule has 0 aliphatic heterocycles. The van der Waals surface area contributed by atoms with E-state index in [2.05, 4.69) is 34.8 Å². The largest absolute Gasteiger partial charge is 0.444 e. The van der Waals surface area contributed by atoms with Crippen molar-refractivity contribution in [3.8, 4) is 0 Å². The number of hydrogen-bond acceptors (Lipinski definition) is 3. The lowest BCUT2D eigenvalue weighted by Crippen LogP contribution is -2.43. The van der Waals surface area contributed by atoms with E-state index >= 15 is 0 Å². The number of amides is 1. The number of ether oxygens (including phenoxy) is 1. The van der Waals surface area contributed by atoms with Crippen molar-refractivity contribution in [2.75, 3.05) is 20.1 Å². The lowest BCUT2D eigenvalue weighted by Gasteiger charge is -2.20. The molecule has 0 saturated heterocycles. The number of carbonyl (C=O) groups excluding carboxylic acids is 1. The van der Waals surface area contributed by atoms with E-state index in [9.17, 15) is 4.79 Å². The highest BCUT2D eigenvalue weighted by atomic mass is 16.6. The molecule has 0 aromatic rings. The van der Waals surface area contributed by atoms with Crippen LogP contribution in [0.4, 0.5) is 4.79 Å². The Morgan fingerprint density at radius 2 is 1.85 bits per heavy atom. The number of hydrogen-bond donors (Lipinski definition) is 3. The summed E-state index contributed by atoms with van der Waals surface area (Å²) in [6.07, 6.45) is 1.47. The fraction of sp³-hybridized carbons (Fsp3) is 0.857. The molecule has 6 heteroatoms. The van der Waals surface area contributed by atoms with E-state index in [1.165, 1.54) is 0 Å². The molecule has 0 spiro atoms. The number of nitrogens with zero attached hydrogens (tertiary/aromatic N) is 1. The van der Waals surface area contributed by atoms with Gasteiger partial charge in [-0.25, -0.2) is 4.79 Å². The number of rotatable bonds is 6. The molecule has 118 valence electrons. The third-order valence-electron chi connectivity index (χ3n) is 2.53. The Balaban J connectivity index is 3.73. The van der Waals surface area contributed by atoms with Crippen molar-refractivity contribution in [2.45, 2.75) is 59.1 Å². The van der Waals surface area contributed by atoms with Gasteiger partial charge in [-0.3, -0.25) is 4.99 Å². The average molecular weight is 286 g/mol. The van der Waals surface area contributed by atoms with Crippen LogP contribution in [0.1, 0.15) is 47.5 Å². The van der Waals surface area contributed by atoms with Gasteiger partial charge in [-0.05, 0) is 40.5 Å². The van der Waals surface area contributed by atoms with Gasteiger partial charge in [0, 0.05) is 26.2 Å².